The highest BCUT2D eigenvalue weighted by atomic mass is 15.2. The number of para-hydroxylation sites is 2. The summed E-state index contributed by atoms with van der Waals surface area (Å²) in [7, 11) is 0. The molecule has 4 heteroatoms. The molecule has 1 saturated heterocycles. The Bertz CT molecular complexity index is 583. The van der Waals surface area contributed by atoms with Gasteiger partial charge in [0.25, 0.3) is 0 Å². The summed E-state index contributed by atoms with van der Waals surface area (Å²) < 4.78 is 2.33. The summed E-state index contributed by atoms with van der Waals surface area (Å²) in [6.07, 6.45) is 2.61. The number of aromatic nitrogens is 2. The van der Waals surface area contributed by atoms with Crippen molar-refractivity contribution in [3.63, 3.8) is 0 Å². The lowest BCUT2D eigenvalue weighted by Crippen LogP contribution is -2.28. The van der Waals surface area contributed by atoms with Crippen molar-refractivity contribution in [3.05, 3.63) is 30.1 Å². The van der Waals surface area contributed by atoms with E-state index >= 15 is 0 Å². The lowest BCUT2D eigenvalue weighted by atomic mass is 10.2. The van der Waals surface area contributed by atoms with Crippen LogP contribution in [0.2, 0.25) is 0 Å². The van der Waals surface area contributed by atoms with Gasteiger partial charge in [0.2, 0.25) is 0 Å². The molecule has 0 spiro atoms. The smallest absolute Gasteiger partial charge is 0.127 e. The molecular weight excluding hydrogens is 248 g/mol. The summed E-state index contributed by atoms with van der Waals surface area (Å²) in [6, 6.07) is 9.01. The largest absolute Gasteiger partial charge is 0.328 e. The second-order valence-electron chi connectivity index (χ2n) is 5.83. The van der Waals surface area contributed by atoms with Crippen molar-refractivity contribution in [1.82, 2.24) is 14.5 Å². The van der Waals surface area contributed by atoms with E-state index in [1.165, 1.54) is 31.4 Å². The molecule has 1 fully saturated rings. The summed E-state index contributed by atoms with van der Waals surface area (Å²) in [5.74, 6) is 1.16. The van der Waals surface area contributed by atoms with Crippen LogP contribution in [-0.4, -0.2) is 34.1 Å². The van der Waals surface area contributed by atoms with Crippen LogP contribution in [0.25, 0.3) is 11.0 Å². The van der Waals surface area contributed by atoms with E-state index in [0.717, 1.165) is 11.3 Å². The minimum absolute atomic E-state index is 0.280. The molecular formula is C16H24N4. The maximum atomic E-state index is 5.91. The maximum absolute atomic E-state index is 5.91. The number of nitrogens with two attached hydrogens (primary N) is 1. The maximum Gasteiger partial charge on any atom is 0.127 e. The molecule has 2 heterocycles. The van der Waals surface area contributed by atoms with Gasteiger partial charge in [-0.3, -0.25) is 4.90 Å². The normalized spacial score (nSPS) is 19.6. The van der Waals surface area contributed by atoms with E-state index in [4.69, 9.17) is 10.7 Å². The van der Waals surface area contributed by atoms with Gasteiger partial charge < -0.3 is 10.3 Å². The Hall–Kier alpha value is -1.39. The molecule has 1 aromatic carbocycles. The molecule has 20 heavy (non-hydrogen) atoms. The zero-order valence-corrected chi connectivity index (χ0v) is 12.4. The SMILES string of the molecule is CC(c1nc2ccccc2n1C(C)CN)N1CCCC1. The first-order valence-corrected chi connectivity index (χ1v) is 7.63. The van der Waals surface area contributed by atoms with Gasteiger partial charge in [-0.2, -0.15) is 0 Å². The highest BCUT2D eigenvalue weighted by molar-refractivity contribution is 5.76. The standard InChI is InChI=1S/C16H24N4/c1-12(11-17)20-15-8-4-3-7-14(15)18-16(20)13(2)19-9-5-6-10-19/h3-4,7-8,12-13H,5-6,9-11,17H2,1-2H3. The zero-order valence-electron chi connectivity index (χ0n) is 12.4. The van der Waals surface area contributed by atoms with Crippen LogP contribution < -0.4 is 5.73 Å². The minimum Gasteiger partial charge on any atom is -0.328 e. The van der Waals surface area contributed by atoms with Gasteiger partial charge in [-0.15, -0.1) is 0 Å². The van der Waals surface area contributed by atoms with Gasteiger partial charge in [-0.25, -0.2) is 4.98 Å². The average molecular weight is 272 g/mol. The molecule has 0 bridgehead atoms. The predicted octanol–water partition coefficient (Wildman–Crippen LogP) is 2.71. The third-order valence-electron chi connectivity index (χ3n) is 4.47. The van der Waals surface area contributed by atoms with Gasteiger partial charge in [-0.05, 0) is 51.9 Å². The van der Waals surface area contributed by atoms with E-state index in [-0.39, 0.29) is 6.04 Å². The summed E-state index contributed by atoms with van der Waals surface area (Å²) in [4.78, 5) is 7.42. The zero-order chi connectivity index (χ0) is 14.1. The minimum atomic E-state index is 0.280. The molecule has 0 saturated carbocycles. The Labute approximate surface area is 120 Å². The third-order valence-corrected chi connectivity index (χ3v) is 4.47. The molecule has 2 unspecified atom stereocenters. The van der Waals surface area contributed by atoms with Crippen LogP contribution in [0.15, 0.2) is 24.3 Å². The van der Waals surface area contributed by atoms with E-state index < -0.39 is 0 Å². The topological polar surface area (TPSA) is 47.1 Å². The van der Waals surface area contributed by atoms with Crippen molar-refractivity contribution in [3.8, 4) is 0 Å². The molecule has 4 nitrogen and oxygen atoms in total. The van der Waals surface area contributed by atoms with Crippen LogP contribution in [0.5, 0.6) is 0 Å². The first-order valence-electron chi connectivity index (χ1n) is 7.63. The van der Waals surface area contributed by atoms with Crippen molar-refractivity contribution < 1.29 is 0 Å². The predicted molar refractivity (Wildman–Crippen MR) is 82.7 cm³/mol. The van der Waals surface area contributed by atoms with Crippen LogP contribution in [0, 0.1) is 0 Å². The molecule has 2 N–H and O–H groups in total. The fraction of sp³-hybridized carbons (Fsp3) is 0.562. The Morgan fingerprint density at radius 3 is 2.60 bits per heavy atom. The monoisotopic (exact) mass is 272 g/mol. The number of hydrogen-bond acceptors (Lipinski definition) is 3. The molecule has 0 amide bonds. The second kappa shape index (κ2) is 5.54. The van der Waals surface area contributed by atoms with Crippen molar-refractivity contribution in [2.75, 3.05) is 19.6 Å². The van der Waals surface area contributed by atoms with Crippen LogP contribution in [0.1, 0.15) is 44.6 Å². The quantitative estimate of drug-likeness (QED) is 0.931. The fourth-order valence-corrected chi connectivity index (χ4v) is 3.22. The molecule has 1 aliphatic rings. The van der Waals surface area contributed by atoms with Crippen molar-refractivity contribution in [1.29, 1.82) is 0 Å². The lowest BCUT2D eigenvalue weighted by Gasteiger charge is -2.26. The number of fused-ring (bicyclic) bond motifs is 1. The van der Waals surface area contributed by atoms with Crippen LogP contribution in [0.4, 0.5) is 0 Å². The van der Waals surface area contributed by atoms with E-state index in [2.05, 4.69) is 47.6 Å². The van der Waals surface area contributed by atoms with Crippen molar-refractivity contribution >= 4 is 11.0 Å². The first-order chi connectivity index (χ1) is 9.72. The van der Waals surface area contributed by atoms with Gasteiger partial charge in [0.1, 0.15) is 5.82 Å². The van der Waals surface area contributed by atoms with Crippen molar-refractivity contribution in [2.24, 2.45) is 5.73 Å². The van der Waals surface area contributed by atoms with Gasteiger partial charge in [0, 0.05) is 12.6 Å². The Balaban J connectivity index is 2.08. The summed E-state index contributed by atoms with van der Waals surface area (Å²) in [5.41, 5.74) is 8.19. The molecule has 3 rings (SSSR count). The Kier molecular flexibility index (Phi) is 3.76. The number of benzene rings is 1. The average Bonchev–Trinajstić information content (AvgIpc) is 3.12. The summed E-state index contributed by atoms with van der Waals surface area (Å²) in [6.45, 7) is 7.45. The number of likely N-dealkylation sites (tertiary alicyclic amines) is 1. The molecule has 0 aliphatic carbocycles. The fourth-order valence-electron chi connectivity index (χ4n) is 3.22. The van der Waals surface area contributed by atoms with Gasteiger partial charge in [-0.1, -0.05) is 12.1 Å². The molecule has 1 aliphatic heterocycles. The first kappa shape index (κ1) is 13.6. The molecule has 2 atom stereocenters. The van der Waals surface area contributed by atoms with E-state index in [0.29, 0.717) is 12.6 Å². The third kappa shape index (κ3) is 2.23. The molecule has 108 valence electrons. The number of hydrogen-bond donors (Lipinski definition) is 1. The van der Waals surface area contributed by atoms with E-state index in [1.54, 1.807) is 0 Å². The van der Waals surface area contributed by atoms with E-state index in [9.17, 15) is 0 Å². The van der Waals surface area contributed by atoms with Crippen LogP contribution in [-0.2, 0) is 0 Å². The lowest BCUT2D eigenvalue weighted by molar-refractivity contribution is 0.246. The number of imidazole rings is 1. The van der Waals surface area contributed by atoms with Crippen molar-refractivity contribution in [2.45, 2.75) is 38.8 Å². The Morgan fingerprint density at radius 2 is 1.90 bits per heavy atom. The van der Waals surface area contributed by atoms with Crippen LogP contribution in [0.3, 0.4) is 0 Å². The van der Waals surface area contributed by atoms with Crippen LogP contribution >= 0.6 is 0 Å². The van der Waals surface area contributed by atoms with Gasteiger partial charge in [0.05, 0.1) is 17.1 Å². The summed E-state index contributed by atoms with van der Waals surface area (Å²) >= 11 is 0. The van der Waals surface area contributed by atoms with Gasteiger partial charge >= 0.3 is 0 Å². The number of nitrogens with zero attached hydrogens (tertiary/aromatic N) is 3. The van der Waals surface area contributed by atoms with E-state index in [1.807, 2.05) is 0 Å². The van der Waals surface area contributed by atoms with Gasteiger partial charge in [0.15, 0.2) is 0 Å². The molecule has 1 aromatic heterocycles. The highest BCUT2D eigenvalue weighted by Crippen LogP contribution is 2.29. The molecule has 2 aromatic rings. The highest BCUT2D eigenvalue weighted by Gasteiger charge is 2.25. The molecule has 0 radical (unpaired) electrons. The second-order valence-corrected chi connectivity index (χ2v) is 5.83. The summed E-state index contributed by atoms with van der Waals surface area (Å²) in [5, 5.41) is 0. The Morgan fingerprint density at radius 1 is 1.20 bits per heavy atom. The number of rotatable bonds is 4.